The summed E-state index contributed by atoms with van der Waals surface area (Å²) in [5.41, 5.74) is 6.75. The summed E-state index contributed by atoms with van der Waals surface area (Å²) < 4.78 is 7.45. The van der Waals surface area contributed by atoms with E-state index in [1.807, 2.05) is 17.7 Å². The molecule has 1 unspecified atom stereocenters. The molecular weight excluding hydrogens is 178 g/mol. The molecule has 2 N–H and O–H groups in total. The van der Waals surface area contributed by atoms with Crippen molar-refractivity contribution in [3.05, 3.63) is 11.9 Å². The quantitative estimate of drug-likeness (QED) is 0.771. The van der Waals surface area contributed by atoms with E-state index in [1.54, 1.807) is 0 Å². The van der Waals surface area contributed by atoms with Crippen LogP contribution in [0.1, 0.15) is 18.5 Å². The van der Waals surface area contributed by atoms with Crippen molar-refractivity contribution < 1.29 is 4.74 Å². The largest absolute Gasteiger partial charge is 0.381 e. The van der Waals surface area contributed by atoms with Crippen molar-refractivity contribution in [2.45, 2.75) is 26.3 Å². The zero-order valence-electron chi connectivity index (χ0n) is 8.57. The lowest BCUT2D eigenvalue weighted by molar-refractivity contribution is 0.0486. The monoisotopic (exact) mass is 195 g/mol. The summed E-state index contributed by atoms with van der Waals surface area (Å²) in [4.78, 5) is 4.18. The molecule has 0 spiro atoms. The van der Waals surface area contributed by atoms with Crippen molar-refractivity contribution in [3.63, 3.8) is 0 Å². The van der Waals surface area contributed by atoms with Gasteiger partial charge in [0.05, 0.1) is 12.3 Å². The standard InChI is InChI=1S/C10H17N3O/c1-8-5-13(10(11)12-8)6-9-3-2-4-14-7-9/h5,9H,2-4,6-7H2,1H3,(H2,11,12). The van der Waals surface area contributed by atoms with Crippen molar-refractivity contribution in [1.29, 1.82) is 0 Å². The number of anilines is 1. The van der Waals surface area contributed by atoms with Gasteiger partial charge in [0.15, 0.2) is 5.95 Å². The molecule has 1 atom stereocenters. The van der Waals surface area contributed by atoms with Crippen LogP contribution >= 0.6 is 0 Å². The average Bonchev–Trinajstić information content (AvgIpc) is 2.47. The molecule has 0 bridgehead atoms. The Labute approximate surface area is 84.1 Å². The molecule has 1 saturated heterocycles. The van der Waals surface area contributed by atoms with E-state index < -0.39 is 0 Å². The zero-order chi connectivity index (χ0) is 9.97. The van der Waals surface area contributed by atoms with Crippen molar-refractivity contribution in [3.8, 4) is 0 Å². The van der Waals surface area contributed by atoms with Gasteiger partial charge in [-0.1, -0.05) is 0 Å². The van der Waals surface area contributed by atoms with Crippen molar-refractivity contribution in [2.75, 3.05) is 18.9 Å². The summed E-state index contributed by atoms with van der Waals surface area (Å²) in [7, 11) is 0. The van der Waals surface area contributed by atoms with Crippen LogP contribution in [0.5, 0.6) is 0 Å². The number of nitrogens with zero attached hydrogens (tertiary/aromatic N) is 2. The Kier molecular flexibility index (Phi) is 2.72. The second-order valence-corrected chi connectivity index (χ2v) is 3.98. The predicted octanol–water partition coefficient (Wildman–Crippen LogP) is 1.20. The van der Waals surface area contributed by atoms with Crippen LogP contribution < -0.4 is 5.73 Å². The minimum Gasteiger partial charge on any atom is -0.381 e. The van der Waals surface area contributed by atoms with Crippen LogP contribution in [0.25, 0.3) is 0 Å². The molecule has 0 saturated carbocycles. The maximum atomic E-state index is 5.77. The molecule has 1 aromatic rings. The highest BCUT2D eigenvalue weighted by Gasteiger charge is 2.15. The number of hydrogen-bond donors (Lipinski definition) is 1. The fraction of sp³-hybridized carbons (Fsp3) is 0.700. The number of aryl methyl sites for hydroxylation is 1. The van der Waals surface area contributed by atoms with Crippen LogP contribution in [-0.4, -0.2) is 22.8 Å². The molecular formula is C10H17N3O. The van der Waals surface area contributed by atoms with Gasteiger partial charge in [0.25, 0.3) is 0 Å². The average molecular weight is 195 g/mol. The number of hydrogen-bond acceptors (Lipinski definition) is 3. The topological polar surface area (TPSA) is 53.1 Å². The number of imidazole rings is 1. The Bertz CT molecular complexity index is 302. The first-order valence-electron chi connectivity index (χ1n) is 5.12. The Morgan fingerprint density at radius 3 is 3.14 bits per heavy atom. The van der Waals surface area contributed by atoms with E-state index in [4.69, 9.17) is 10.5 Å². The number of nitrogen functional groups attached to an aromatic ring is 1. The van der Waals surface area contributed by atoms with Crippen molar-refractivity contribution in [1.82, 2.24) is 9.55 Å². The molecule has 4 heteroatoms. The third kappa shape index (κ3) is 2.07. The molecule has 0 aromatic carbocycles. The maximum absolute atomic E-state index is 5.77. The Morgan fingerprint density at radius 1 is 1.71 bits per heavy atom. The predicted molar refractivity (Wildman–Crippen MR) is 54.9 cm³/mol. The maximum Gasteiger partial charge on any atom is 0.200 e. The Hall–Kier alpha value is -1.03. The minimum atomic E-state index is 0.597. The van der Waals surface area contributed by atoms with Crippen LogP contribution in [0.2, 0.25) is 0 Å². The van der Waals surface area contributed by atoms with Gasteiger partial charge in [0.1, 0.15) is 0 Å². The molecule has 2 heterocycles. The summed E-state index contributed by atoms with van der Waals surface area (Å²) in [6.07, 6.45) is 4.40. The smallest absolute Gasteiger partial charge is 0.200 e. The van der Waals surface area contributed by atoms with E-state index in [1.165, 1.54) is 6.42 Å². The summed E-state index contributed by atoms with van der Waals surface area (Å²) in [6, 6.07) is 0. The molecule has 14 heavy (non-hydrogen) atoms. The first kappa shape index (κ1) is 9.52. The lowest BCUT2D eigenvalue weighted by Gasteiger charge is -2.22. The molecule has 1 fully saturated rings. The third-order valence-electron chi connectivity index (χ3n) is 2.64. The molecule has 1 aromatic heterocycles. The summed E-state index contributed by atoms with van der Waals surface area (Å²) in [5, 5.41) is 0. The summed E-state index contributed by atoms with van der Waals surface area (Å²) in [6.45, 7) is 4.67. The van der Waals surface area contributed by atoms with Crippen LogP contribution in [0.4, 0.5) is 5.95 Å². The fourth-order valence-electron chi connectivity index (χ4n) is 1.94. The molecule has 4 nitrogen and oxygen atoms in total. The number of rotatable bonds is 2. The van der Waals surface area contributed by atoms with E-state index in [0.29, 0.717) is 11.9 Å². The van der Waals surface area contributed by atoms with Gasteiger partial charge < -0.3 is 15.0 Å². The molecule has 0 aliphatic carbocycles. The van der Waals surface area contributed by atoms with Gasteiger partial charge in [-0.15, -0.1) is 0 Å². The van der Waals surface area contributed by atoms with Crippen molar-refractivity contribution in [2.24, 2.45) is 5.92 Å². The van der Waals surface area contributed by atoms with Gasteiger partial charge in [0, 0.05) is 25.3 Å². The van der Waals surface area contributed by atoms with Crippen LogP contribution in [-0.2, 0) is 11.3 Å². The normalized spacial score (nSPS) is 22.5. The zero-order valence-corrected chi connectivity index (χ0v) is 8.57. The van der Waals surface area contributed by atoms with Gasteiger partial charge >= 0.3 is 0 Å². The van der Waals surface area contributed by atoms with Gasteiger partial charge in [-0.3, -0.25) is 0 Å². The molecule has 1 aliphatic heterocycles. The van der Waals surface area contributed by atoms with Gasteiger partial charge in [0.2, 0.25) is 0 Å². The van der Waals surface area contributed by atoms with Crippen molar-refractivity contribution >= 4 is 5.95 Å². The van der Waals surface area contributed by atoms with E-state index in [0.717, 1.165) is 31.9 Å². The second-order valence-electron chi connectivity index (χ2n) is 3.98. The summed E-state index contributed by atoms with van der Waals surface area (Å²) >= 11 is 0. The number of nitrogens with two attached hydrogens (primary N) is 1. The number of ether oxygens (including phenoxy) is 1. The van der Waals surface area contributed by atoms with Crippen LogP contribution in [0.15, 0.2) is 6.20 Å². The number of aromatic nitrogens is 2. The molecule has 78 valence electrons. The SMILES string of the molecule is Cc1cn(CC2CCCOC2)c(N)n1. The molecule has 0 radical (unpaired) electrons. The first-order chi connectivity index (χ1) is 6.75. The molecule has 2 rings (SSSR count). The molecule has 0 amide bonds. The first-order valence-corrected chi connectivity index (χ1v) is 5.12. The van der Waals surface area contributed by atoms with Crippen LogP contribution in [0, 0.1) is 12.8 Å². The minimum absolute atomic E-state index is 0.597. The lowest BCUT2D eigenvalue weighted by Crippen LogP contribution is -2.22. The summed E-state index contributed by atoms with van der Waals surface area (Å²) in [5.74, 6) is 1.22. The third-order valence-corrected chi connectivity index (χ3v) is 2.64. The van der Waals surface area contributed by atoms with E-state index in [9.17, 15) is 0 Å². The highest BCUT2D eigenvalue weighted by atomic mass is 16.5. The van der Waals surface area contributed by atoms with Gasteiger partial charge in [-0.2, -0.15) is 0 Å². The second kappa shape index (κ2) is 4.00. The Morgan fingerprint density at radius 2 is 2.57 bits per heavy atom. The highest BCUT2D eigenvalue weighted by molar-refractivity contribution is 5.21. The van der Waals surface area contributed by atoms with Gasteiger partial charge in [-0.05, 0) is 19.8 Å². The highest BCUT2D eigenvalue weighted by Crippen LogP contribution is 2.17. The van der Waals surface area contributed by atoms with Gasteiger partial charge in [-0.25, -0.2) is 4.98 Å². The lowest BCUT2D eigenvalue weighted by atomic mass is 10.0. The fourth-order valence-corrected chi connectivity index (χ4v) is 1.94. The van der Waals surface area contributed by atoms with E-state index >= 15 is 0 Å². The van der Waals surface area contributed by atoms with E-state index in [-0.39, 0.29) is 0 Å². The molecule has 1 aliphatic rings. The Balaban J connectivity index is 1.98. The van der Waals surface area contributed by atoms with Crippen LogP contribution in [0.3, 0.4) is 0 Å². The van der Waals surface area contributed by atoms with E-state index in [2.05, 4.69) is 4.98 Å².